The summed E-state index contributed by atoms with van der Waals surface area (Å²) in [6.07, 6.45) is 5.33. The highest BCUT2D eigenvalue weighted by atomic mass is 32.2. The minimum Gasteiger partial charge on any atom is -0.390 e. The van der Waals surface area contributed by atoms with Gasteiger partial charge >= 0.3 is 0 Å². The van der Waals surface area contributed by atoms with Gasteiger partial charge in [0.15, 0.2) is 0 Å². The molecule has 6 nitrogen and oxygen atoms in total. The quantitative estimate of drug-likeness (QED) is 0.883. The van der Waals surface area contributed by atoms with E-state index < -0.39 is 10.0 Å². The maximum Gasteiger partial charge on any atom is 0.236 e. The van der Waals surface area contributed by atoms with Crippen LogP contribution in [0.4, 0.5) is 0 Å². The van der Waals surface area contributed by atoms with Crippen LogP contribution >= 0.6 is 0 Å². The minimum atomic E-state index is -3.21. The van der Waals surface area contributed by atoms with Gasteiger partial charge in [-0.1, -0.05) is 6.08 Å². The number of aliphatic hydroxyl groups is 1. The summed E-state index contributed by atoms with van der Waals surface area (Å²) in [5.41, 5.74) is 1.76. The largest absolute Gasteiger partial charge is 0.390 e. The summed E-state index contributed by atoms with van der Waals surface area (Å²) < 4.78 is 25.6. The van der Waals surface area contributed by atoms with E-state index in [1.165, 1.54) is 5.41 Å². The lowest BCUT2D eigenvalue weighted by Gasteiger charge is -2.36. The Morgan fingerprint density at radius 3 is 3.00 bits per heavy atom. The SMILES string of the molecule is O=S1(=O)C=CCN1[C@@H]1CCCN(Cc2ccnc(CO)c2)C1. The maximum absolute atomic E-state index is 12.0. The first-order valence-electron chi connectivity index (χ1n) is 7.54. The first-order chi connectivity index (χ1) is 10.6. The highest BCUT2D eigenvalue weighted by Crippen LogP contribution is 2.23. The fourth-order valence-corrected chi connectivity index (χ4v) is 4.56. The van der Waals surface area contributed by atoms with Gasteiger partial charge in [-0.2, -0.15) is 4.31 Å². The Morgan fingerprint density at radius 1 is 1.41 bits per heavy atom. The summed E-state index contributed by atoms with van der Waals surface area (Å²) in [5, 5.41) is 10.5. The number of aromatic nitrogens is 1. The van der Waals surface area contributed by atoms with Crippen LogP contribution in [0.15, 0.2) is 29.8 Å². The summed E-state index contributed by atoms with van der Waals surface area (Å²) in [5.74, 6) is 0. The number of hydrogen-bond acceptors (Lipinski definition) is 5. The molecular formula is C15H21N3O3S. The highest BCUT2D eigenvalue weighted by Gasteiger charge is 2.33. The molecule has 0 aliphatic carbocycles. The van der Waals surface area contributed by atoms with Crippen LogP contribution < -0.4 is 0 Å². The number of likely N-dealkylation sites (tertiary alicyclic amines) is 1. The van der Waals surface area contributed by atoms with Crippen molar-refractivity contribution < 1.29 is 13.5 Å². The molecule has 1 fully saturated rings. The number of piperidine rings is 1. The molecule has 0 spiro atoms. The number of rotatable bonds is 4. The fraction of sp³-hybridized carbons (Fsp3) is 0.533. The van der Waals surface area contributed by atoms with E-state index in [0.717, 1.165) is 38.0 Å². The third kappa shape index (κ3) is 3.38. The lowest BCUT2D eigenvalue weighted by molar-refractivity contribution is 0.149. The Labute approximate surface area is 131 Å². The molecule has 2 aliphatic heterocycles. The lowest BCUT2D eigenvalue weighted by Crippen LogP contribution is -2.48. The molecule has 0 bridgehead atoms. The molecule has 0 unspecified atom stereocenters. The van der Waals surface area contributed by atoms with Gasteiger partial charge in [0.1, 0.15) is 0 Å². The van der Waals surface area contributed by atoms with E-state index in [1.807, 2.05) is 12.1 Å². The average molecular weight is 323 g/mol. The Morgan fingerprint density at radius 2 is 2.27 bits per heavy atom. The van der Waals surface area contributed by atoms with Crippen LogP contribution in [0.5, 0.6) is 0 Å². The smallest absolute Gasteiger partial charge is 0.236 e. The zero-order chi connectivity index (χ0) is 15.6. The van der Waals surface area contributed by atoms with Crippen molar-refractivity contribution in [2.45, 2.75) is 32.0 Å². The topological polar surface area (TPSA) is 73.7 Å². The molecule has 3 heterocycles. The average Bonchev–Trinajstić information content (AvgIpc) is 2.87. The van der Waals surface area contributed by atoms with Gasteiger partial charge in [-0.25, -0.2) is 8.42 Å². The zero-order valence-electron chi connectivity index (χ0n) is 12.4. The summed E-state index contributed by atoms with van der Waals surface area (Å²) in [4.78, 5) is 6.36. The molecule has 22 heavy (non-hydrogen) atoms. The Bertz CT molecular complexity index is 660. The van der Waals surface area contributed by atoms with Gasteiger partial charge in [0.25, 0.3) is 0 Å². The van der Waals surface area contributed by atoms with Gasteiger partial charge in [0.05, 0.1) is 12.3 Å². The lowest BCUT2D eigenvalue weighted by atomic mass is 10.0. The van der Waals surface area contributed by atoms with E-state index in [-0.39, 0.29) is 12.6 Å². The van der Waals surface area contributed by atoms with Crippen molar-refractivity contribution in [3.8, 4) is 0 Å². The molecule has 2 aliphatic rings. The summed E-state index contributed by atoms with van der Waals surface area (Å²) in [6.45, 7) is 2.90. The van der Waals surface area contributed by atoms with E-state index in [0.29, 0.717) is 12.2 Å². The normalized spacial score (nSPS) is 25.6. The van der Waals surface area contributed by atoms with E-state index in [4.69, 9.17) is 5.11 Å². The van der Waals surface area contributed by atoms with Crippen LogP contribution in [-0.4, -0.2) is 53.4 Å². The van der Waals surface area contributed by atoms with E-state index in [9.17, 15) is 8.42 Å². The van der Waals surface area contributed by atoms with Crippen LogP contribution in [0.3, 0.4) is 0 Å². The predicted molar refractivity (Wildman–Crippen MR) is 83.2 cm³/mol. The molecule has 0 aromatic carbocycles. The summed E-state index contributed by atoms with van der Waals surface area (Å²) in [6, 6.07) is 3.89. The van der Waals surface area contributed by atoms with Crippen molar-refractivity contribution in [1.29, 1.82) is 0 Å². The molecule has 1 N–H and O–H groups in total. The molecule has 0 saturated carbocycles. The van der Waals surface area contributed by atoms with Crippen LogP contribution in [0, 0.1) is 0 Å². The molecule has 1 aromatic heterocycles. The Kier molecular flexibility index (Phi) is 4.58. The molecule has 0 radical (unpaired) electrons. The van der Waals surface area contributed by atoms with Gasteiger partial charge in [0, 0.05) is 37.3 Å². The van der Waals surface area contributed by atoms with Crippen molar-refractivity contribution >= 4 is 10.0 Å². The van der Waals surface area contributed by atoms with Gasteiger partial charge in [-0.3, -0.25) is 9.88 Å². The van der Waals surface area contributed by atoms with Crippen molar-refractivity contribution in [2.75, 3.05) is 19.6 Å². The molecule has 1 aromatic rings. The monoisotopic (exact) mass is 323 g/mol. The maximum atomic E-state index is 12.0. The third-order valence-corrected chi connectivity index (χ3v) is 5.85. The van der Waals surface area contributed by atoms with Gasteiger partial charge in [-0.15, -0.1) is 0 Å². The molecule has 0 amide bonds. The van der Waals surface area contributed by atoms with Gasteiger partial charge in [-0.05, 0) is 37.1 Å². The molecule has 3 rings (SSSR count). The Hall–Kier alpha value is -1.28. The fourth-order valence-electron chi connectivity index (χ4n) is 3.19. The minimum absolute atomic E-state index is 0.0490. The molecule has 1 atom stereocenters. The second-order valence-electron chi connectivity index (χ2n) is 5.83. The summed E-state index contributed by atoms with van der Waals surface area (Å²) >= 11 is 0. The summed E-state index contributed by atoms with van der Waals surface area (Å²) in [7, 11) is -3.21. The second kappa shape index (κ2) is 6.45. The number of aliphatic hydroxyl groups excluding tert-OH is 1. The van der Waals surface area contributed by atoms with E-state index in [2.05, 4.69) is 9.88 Å². The second-order valence-corrected chi connectivity index (χ2v) is 7.60. The molecule has 1 saturated heterocycles. The molecule has 120 valence electrons. The van der Waals surface area contributed by atoms with Crippen LogP contribution in [-0.2, 0) is 23.2 Å². The van der Waals surface area contributed by atoms with Crippen LogP contribution in [0.1, 0.15) is 24.1 Å². The van der Waals surface area contributed by atoms with Gasteiger partial charge in [0.2, 0.25) is 10.0 Å². The number of hydrogen-bond donors (Lipinski definition) is 1. The van der Waals surface area contributed by atoms with Crippen molar-refractivity contribution in [3.63, 3.8) is 0 Å². The zero-order valence-corrected chi connectivity index (χ0v) is 13.2. The Balaban J connectivity index is 1.66. The van der Waals surface area contributed by atoms with E-state index >= 15 is 0 Å². The first-order valence-corrected chi connectivity index (χ1v) is 9.04. The third-order valence-electron chi connectivity index (χ3n) is 4.22. The van der Waals surface area contributed by atoms with Crippen LogP contribution in [0.25, 0.3) is 0 Å². The molecular weight excluding hydrogens is 302 g/mol. The molecule has 7 heteroatoms. The predicted octanol–water partition coefficient (Wildman–Crippen LogP) is 0.697. The van der Waals surface area contributed by atoms with Crippen molar-refractivity contribution in [1.82, 2.24) is 14.2 Å². The number of pyridine rings is 1. The van der Waals surface area contributed by atoms with Gasteiger partial charge < -0.3 is 5.11 Å². The van der Waals surface area contributed by atoms with Crippen molar-refractivity contribution in [3.05, 3.63) is 41.1 Å². The van der Waals surface area contributed by atoms with E-state index in [1.54, 1.807) is 16.6 Å². The highest BCUT2D eigenvalue weighted by molar-refractivity contribution is 7.92. The number of nitrogens with zero attached hydrogens (tertiary/aromatic N) is 3. The standard InChI is InChI=1S/C15H21N3O3S/c19-12-14-9-13(4-5-16-14)10-17-6-1-3-15(11-17)18-7-2-8-22(18,20)21/h2,4-5,8-9,15,19H,1,3,6-7,10-12H2/t15-/m1/s1. The first kappa shape index (κ1) is 15.6. The number of sulfonamides is 1. The van der Waals surface area contributed by atoms with Crippen molar-refractivity contribution in [2.24, 2.45) is 0 Å². The van der Waals surface area contributed by atoms with Crippen LogP contribution in [0.2, 0.25) is 0 Å².